The quantitative estimate of drug-likeness (QED) is 0.810. The molecule has 0 saturated carbocycles. The van der Waals surface area contributed by atoms with Crippen molar-refractivity contribution in [1.29, 1.82) is 0 Å². The average molecular weight is 222 g/mol. The lowest BCUT2D eigenvalue weighted by Crippen LogP contribution is -2.36. The second-order valence-electron chi connectivity index (χ2n) is 4.94. The van der Waals surface area contributed by atoms with Gasteiger partial charge < -0.3 is 5.73 Å². The number of likely N-dealkylation sites (tertiary alicyclic amines) is 1. The van der Waals surface area contributed by atoms with Crippen LogP contribution in [0.25, 0.3) is 0 Å². The van der Waals surface area contributed by atoms with E-state index in [2.05, 4.69) is 30.8 Å². The van der Waals surface area contributed by atoms with E-state index in [-0.39, 0.29) is 0 Å². The third-order valence-electron chi connectivity index (χ3n) is 3.97. The number of hydrogen-bond acceptors (Lipinski definition) is 3. The van der Waals surface area contributed by atoms with Gasteiger partial charge in [0, 0.05) is 43.5 Å². The molecule has 4 nitrogen and oxygen atoms in total. The highest BCUT2D eigenvalue weighted by Crippen LogP contribution is 2.21. The first-order valence-electron chi connectivity index (χ1n) is 5.99. The van der Waals surface area contributed by atoms with Crippen molar-refractivity contribution in [2.45, 2.75) is 45.8 Å². The Hall–Kier alpha value is -0.870. The lowest BCUT2D eigenvalue weighted by Gasteiger charge is -2.23. The number of aromatic nitrogens is 2. The van der Waals surface area contributed by atoms with E-state index in [0.717, 1.165) is 25.2 Å². The van der Waals surface area contributed by atoms with Gasteiger partial charge in [0.15, 0.2) is 0 Å². The molecule has 1 aromatic heterocycles. The third-order valence-corrected chi connectivity index (χ3v) is 3.97. The van der Waals surface area contributed by atoms with E-state index < -0.39 is 0 Å². The zero-order chi connectivity index (χ0) is 11.9. The molecule has 2 atom stereocenters. The fraction of sp³-hybridized carbons (Fsp3) is 0.750. The van der Waals surface area contributed by atoms with Crippen LogP contribution in [0.5, 0.6) is 0 Å². The van der Waals surface area contributed by atoms with Crippen LogP contribution in [-0.2, 0) is 13.6 Å². The summed E-state index contributed by atoms with van der Waals surface area (Å²) >= 11 is 0. The summed E-state index contributed by atoms with van der Waals surface area (Å²) < 4.78 is 1.96. The van der Waals surface area contributed by atoms with Crippen LogP contribution in [0.15, 0.2) is 0 Å². The van der Waals surface area contributed by atoms with Crippen molar-refractivity contribution < 1.29 is 0 Å². The van der Waals surface area contributed by atoms with Gasteiger partial charge in [-0.2, -0.15) is 5.10 Å². The molecule has 0 amide bonds. The van der Waals surface area contributed by atoms with E-state index in [1.54, 1.807) is 0 Å². The molecule has 0 aliphatic carbocycles. The molecule has 2 rings (SSSR count). The Balaban J connectivity index is 2.15. The molecule has 0 bridgehead atoms. The van der Waals surface area contributed by atoms with E-state index in [0.29, 0.717) is 12.1 Å². The van der Waals surface area contributed by atoms with E-state index in [9.17, 15) is 0 Å². The molecule has 1 fully saturated rings. The minimum absolute atomic E-state index is 0.331. The molecule has 2 unspecified atom stereocenters. The number of aryl methyl sites for hydroxylation is 2. The standard InChI is InChI=1S/C12H22N4/c1-8-11(9(2)15(4)14-8)7-16-6-5-12(13)10(16)3/h10,12H,5-7,13H2,1-4H3. The van der Waals surface area contributed by atoms with Crippen LogP contribution < -0.4 is 5.73 Å². The van der Waals surface area contributed by atoms with Gasteiger partial charge in [-0.25, -0.2) is 0 Å². The maximum Gasteiger partial charge on any atom is 0.0641 e. The summed E-state index contributed by atoms with van der Waals surface area (Å²) in [4.78, 5) is 2.46. The summed E-state index contributed by atoms with van der Waals surface area (Å²) in [6.45, 7) is 8.54. The van der Waals surface area contributed by atoms with Crippen molar-refractivity contribution >= 4 is 0 Å². The minimum Gasteiger partial charge on any atom is -0.326 e. The molecule has 0 aromatic carbocycles. The zero-order valence-electron chi connectivity index (χ0n) is 10.7. The number of rotatable bonds is 2. The van der Waals surface area contributed by atoms with Crippen LogP contribution in [-0.4, -0.2) is 33.3 Å². The van der Waals surface area contributed by atoms with Gasteiger partial charge in [0.05, 0.1) is 5.69 Å². The second-order valence-corrected chi connectivity index (χ2v) is 4.94. The SMILES string of the molecule is Cc1nn(C)c(C)c1CN1CCC(N)C1C. The smallest absolute Gasteiger partial charge is 0.0641 e. The molecule has 0 spiro atoms. The maximum absolute atomic E-state index is 6.04. The van der Waals surface area contributed by atoms with Crippen LogP contribution in [0.3, 0.4) is 0 Å². The molecule has 16 heavy (non-hydrogen) atoms. The van der Waals surface area contributed by atoms with Gasteiger partial charge in [0.1, 0.15) is 0 Å². The number of nitrogens with zero attached hydrogens (tertiary/aromatic N) is 3. The molecular formula is C12H22N4. The van der Waals surface area contributed by atoms with E-state index >= 15 is 0 Å². The van der Waals surface area contributed by atoms with Crippen molar-refractivity contribution in [3.8, 4) is 0 Å². The zero-order valence-corrected chi connectivity index (χ0v) is 10.7. The lowest BCUT2D eigenvalue weighted by atomic mass is 10.1. The Kier molecular flexibility index (Phi) is 3.04. The highest BCUT2D eigenvalue weighted by atomic mass is 15.3. The Morgan fingerprint density at radius 2 is 2.12 bits per heavy atom. The lowest BCUT2D eigenvalue weighted by molar-refractivity contribution is 0.250. The first-order valence-corrected chi connectivity index (χ1v) is 5.99. The third kappa shape index (κ3) is 1.87. The molecule has 1 saturated heterocycles. The summed E-state index contributed by atoms with van der Waals surface area (Å²) in [6.07, 6.45) is 1.11. The summed E-state index contributed by atoms with van der Waals surface area (Å²) in [5.74, 6) is 0. The maximum atomic E-state index is 6.04. The summed E-state index contributed by atoms with van der Waals surface area (Å²) in [6, 6.07) is 0.816. The van der Waals surface area contributed by atoms with Crippen LogP contribution in [0.1, 0.15) is 30.3 Å². The van der Waals surface area contributed by atoms with Crippen molar-refractivity contribution in [2.75, 3.05) is 6.54 Å². The molecule has 2 heterocycles. The van der Waals surface area contributed by atoms with Gasteiger partial charge in [-0.05, 0) is 27.2 Å². The Morgan fingerprint density at radius 3 is 2.56 bits per heavy atom. The number of hydrogen-bond donors (Lipinski definition) is 1. The molecule has 1 aromatic rings. The van der Waals surface area contributed by atoms with Gasteiger partial charge in [0.25, 0.3) is 0 Å². The van der Waals surface area contributed by atoms with E-state index in [4.69, 9.17) is 5.73 Å². The van der Waals surface area contributed by atoms with Crippen LogP contribution >= 0.6 is 0 Å². The molecule has 90 valence electrons. The average Bonchev–Trinajstić information content (AvgIpc) is 2.66. The Bertz CT molecular complexity index is 383. The van der Waals surface area contributed by atoms with Crippen molar-refractivity contribution in [3.05, 3.63) is 17.0 Å². The van der Waals surface area contributed by atoms with Crippen molar-refractivity contribution in [2.24, 2.45) is 12.8 Å². The molecule has 1 aliphatic heterocycles. The van der Waals surface area contributed by atoms with Gasteiger partial charge in [-0.3, -0.25) is 9.58 Å². The van der Waals surface area contributed by atoms with Crippen LogP contribution in [0.4, 0.5) is 0 Å². The first kappa shape index (κ1) is 11.6. The molecule has 2 N–H and O–H groups in total. The fourth-order valence-electron chi connectivity index (χ4n) is 2.50. The minimum atomic E-state index is 0.331. The van der Waals surface area contributed by atoms with Gasteiger partial charge >= 0.3 is 0 Å². The van der Waals surface area contributed by atoms with Gasteiger partial charge in [0.2, 0.25) is 0 Å². The van der Waals surface area contributed by atoms with Gasteiger partial charge in [-0.1, -0.05) is 0 Å². The monoisotopic (exact) mass is 222 g/mol. The largest absolute Gasteiger partial charge is 0.326 e. The van der Waals surface area contributed by atoms with E-state index in [1.165, 1.54) is 11.3 Å². The molecule has 0 radical (unpaired) electrons. The van der Waals surface area contributed by atoms with Crippen LogP contribution in [0, 0.1) is 13.8 Å². The molecule has 1 aliphatic rings. The van der Waals surface area contributed by atoms with E-state index in [1.807, 2.05) is 11.7 Å². The normalized spacial score (nSPS) is 26.6. The predicted octanol–water partition coefficient (Wildman–Crippen LogP) is 0.958. The Labute approximate surface area is 97.4 Å². The summed E-state index contributed by atoms with van der Waals surface area (Å²) in [7, 11) is 2.00. The highest BCUT2D eigenvalue weighted by molar-refractivity contribution is 5.24. The van der Waals surface area contributed by atoms with Crippen molar-refractivity contribution in [1.82, 2.24) is 14.7 Å². The highest BCUT2D eigenvalue weighted by Gasteiger charge is 2.28. The molecule has 4 heteroatoms. The van der Waals surface area contributed by atoms with Crippen LogP contribution in [0.2, 0.25) is 0 Å². The summed E-state index contributed by atoms with van der Waals surface area (Å²) in [5.41, 5.74) is 9.82. The molecular weight excluding hydrogens is 200 g/mol. The van der Waals surface area contributed by atoms with Crippen molar-refractivity contribution in [3.63, 3.8) is 0 Å². The predicted molar refractivity (Wildman–Crippen MR) is 65.1 cm³/mol. The number of nitrogens with two attached hydrogens (primary N) is 1. The van der Waals surface area contributed by atoms with Gasteiger partial charge in [-0.15, -0.1) is 0 Å². The topological polar surface area (TPSA) is 47.1 Å². The second kappa shape index (κ2) is 4.18. The first-order chi connectivity index (χ1) is 7.50. The summed E-state index contributed by atoms with van der Waals surface area (Å²) in [5, 5.41) is 4.46. The Morgan fingerprint density at radius 1 is 1.44 bits per heavy atom. The fourth-order valence-corrected chi connectivity index (χ4v) is 2.50.